The van der Waals surface area contributed by atoms with E-state index in [9.17, 15) is 28.1 Å². The zero-order chi connectivity index (χ0) is 24.0. The summed E-state index contributed by atoms with van der Waals surface area (Å²) in [4.78, 5) is 36.2. The molecule has 1 aliphatic heterocycles. The lowest BCUT2D eigenvalue weighted by molar-refractivity contribution is -0.384. The molecule has 0 N–H and O–H groups in total. The molecule has 3 rings (SSSR count). The molecule has 0 unspecified atom stereocenters. The van der Waals surface area contributed by atoms with E-state index in [1.54, 1.807) is 0 Å². The SMILES string of the molecule is O=C(CCC(=O)N1CCN(S(=O)(=O)c2ccc(Cl)cc2)CC1)OCc1ccc([N+](=O)[O-])cc1. The van der Waals surface area contributed by atoms with Crippen molar-refractivity contribution in [3.8, 4) is 0 Å². The number of piperazine rings is 1. The van der Waals surface area contributed by atoms with Crippen LogP contribution >= 0.6 is 11.6 Å². The molecule has 0 saturated carbocycles. The van der Waals surface area contributed by atoms with Crippen molar-refractivity contribution in [3.63, 3.8) is 0 Å². The maximum absolute atomic E-state index is 12.7. The summed E-state index contributed by atoms with van der Waals surface area (Å²) in [5.41, 5.74) is 0.537. The van der Waals surface area contributed by atoms with Gasteiger partial charge in [0.05, 0.1) is 16.2 Å². The molecule has 1 fully saturated rings. The molecule has 1 amide bonds. The lowest BCUT2D eigenvalue weighted by Gasteiger charge is -2.34. The smallest absolute Gasteiger partial charge is 0.306 e. The lowest BCUT2D eigenvalue weighted by atomic mass is 10.2. The van der Waals surface area contributed by atoms with Gasteiger partial charge >= 0.3 is 5.97 Å². The van der Waals surface area contributed by atoms with E-state index in [1.165, 1.54) is 57.7 Å². The van der Waals surface area contributed by atoms with E-state index in [0.717, 1.165) is 0 Å². The minimum absolute atomic E-state index is 0.0494. The van der Waals surface area contributed by atoms with Crippen molar-refractivity contribution >= 4 is 39.2 Å². The van der Waals surface area contributed by atoms with Gasteiger partial charge in [0, 0.05) is 49.8 Å². The predicted molar refractivity (Wildman–Crippen MR) is 119 cm³/mol. The van der Waals surface area contributed by atoms with Crippen molar-refractivity contribution in [2.75, 3.05) is 26.2 Å². The summed E-state index contributed by atoms with van der Waals surface area (Å²) >= 11 is 5.81. The van der Waals surface area contributed by atoms with Crippen LogP contribution in [-0.4, -0.2) is 60.6 Å². The Morgan fingerprint density at radius 1 is 0.970 bits per heavy atom. The van der Waals surface area contributed by atoms with Crippen molar-refractivity contribution in [1.82, 2.24) is 9.21 Å². The van der Waals surface area contributed by atoms with Crippen LogP contribution in [0.1, 0.15) is 18.4 Å². The highest BCUT2D eigenvalue weighted by Gasteiger charge is 2.30. The highest BCUT2D eigenvalue weighted by Crippen LogP contribution is 2.20. The van der Waals surface area contributed by atoms with Crippen LogP contribution in [0.4, 0.5) is 5.69 Å². The molecular formula is C21H22ClN3O7S. The van der Waals surface area contributed by atoms with Gasteiger partial charge in [-0.25, -0.2) is 8.42 Å². The average molecular weight is 496 g/mol. The first-order valence-corrected chi connectivity index (χ1v) is 11.9. The number of non-ortho nitro benzene ring substituents is 1. The fourth-order valence-corrected chi connectivity index (χ4v) is 4.80. The Bertz CT molecular complexity index is 1110. The molecule has 1 saturated heterocycles. The average Bonchev–Trinajstić information content (AvgIpc) is 2.81. The molecule has 0 radical (unpaired) electrons. The van der Waals surface area contributed by atoms with E-state index < -0.39 is 20.9 Å². The number of rotatable bonds is 8. The summed E-state index contributed by atoms with van der Waals surface area (Å²) in [6.07, 6.45) is -0.169. The van der Waals surface area contributed by atoms with Crippen LogP contribution < -0.4 is 0 Å². The lowest BCUT2D eigenvalue weighted by Crippen LogP contribution is -2.50. The quantitative estimate of drug-likeness (QED) is 0.313. The zero-order valence-corrected chi connectivity index (χ0v) is 19.1. The van der Waals surface area contributed by atoms with Crippen molar-refractivity contribution in [2.24, 2.45) is 0 Å². The Labute approximate surface area is 195 Å². The van der Waals surface area contributed by atoms with Gasteiger partial charge in [-0.1, -0.05) is 11.6 Å². The standard InChI is InChI=1S/C21H22ClN3O7S/c22-17-3-7-19(8-4-17)33(30,31)24-13-11-23(12-14-24)20(26)9-10-21(27)32-15-16-1-5-18(6-2-16)25(28)29/h1-8H,9-15H2. The number of halogens is 1. The molecule has 1 aliphatic rings. The largest absolute Gasteiger partial charge is 0.461 e. The number of amides is 1. The third-order valence-electron chi connectivity index (χ3n) is 5.13. The van der Waals surface area contributed by atoms with Crippen molar-refractivity contribution in [1.29, 1.82) is 0 Å². The third kappa shape index (κ3) is 6.50. The van der Waals surface area contributed by atoms with Gasteiger partial charge < -0.3 is 9.64 Å². The normalized spacial score (nSPS) is 14.6. The summed E-state index contributed by atoms with van der Waals surface area (Å²) in [6, 6.07) is 11.5. The molecule has 0 bridgehead atoms. The number of ether oxygens (including phenoxy) is 1. The fraction of sp³-hybridized carbons (Fsp3) is 0.333. The van der Waals surface area contributed by atoms with Crippen LogP contribution in [0.15, 0.2) is 53.4 Å². The number of hydrogen-bond donors (Lipinski definition) is 0. The van der Waals surface area contributed by atoms with E-state index in [2.05, 4.69) is 0 Å². The van der Waals surface area contributed by atoms with Crippen LogP contribution in [0.3, 0.4) is 0 Å². The number of carbonyl (C=O) groups excluding carboxylic acids is 2. The molecule has 0 atom stereocenters. The Kier molecular flexibility index (Phi) is 8.01. The first kappa shape index (κ1) is 24.6. The number of carbonyl (C=O) groups is 2. The van der Waals surface area contributed by atoms with Gasteiger partial charge in [0.2, 0.25) is 15.9 Å². The van der Waals surface area contributed by atoms with E-state index in [4.69, 9.17) is 16.3 Å². The maximum atomic E-state index is 12.7. The molecule has 1 heterocycles. The minimum Gasteiger partial charge on any atom is -0.461 e. The number of hydrogen-bond acceptors (Lipinski definition) is 7. The van der Waals surface area contributed by atoms with E-state index >= 15 is 0 Å². The summed E-state index contributed by atoms with van der Waals surface area (Å²) < 4.78 is 31.9. The fourth-order valence-electron chi connectivity index (χ4n) is 3.25. The second kappa shape index (κ2) is 10.7. The Morgan fingerprint density at radius 3 is 2.15 bits per heavy atom. The number of esters is 1. The zero-order valence-electron chi connectivity index (χ0n) is 17.6. The van der Waals surface area contributed by atoms with Crippen LogP contribution in [-0.2, 0) is 31.0 Å². The molecule has 2 aromatic rings. The number of nitro groups is 1. The summed E-state index contributed by atoms with van der Waals surface area (Å²) in [5.74, 6) is -0.823. The maximum Gasteiger partial charge on any atom is 0.306 e. The second-order valence-corrected chi connectivity index (χ2v) is 9.70. The van der Waals surface area contributed by atoms with Gasteiger partial charge in [-0.3, -0.25) is 19.7 Å². The van der Waals surface area contributed by atoms with Gasteiger partial charge in [0.25, 0.3) is 5.69 Å². The third-order valence-corrected chi connectivity index (χ3v) is 7.30. The highest BCUT2D eigenvalue weighted by molar-refractivity contribution is 7.89. The van der Waals surface area contributed by atoms with E-state index in [0.29, 0.717) is 10.6 Å². The summed E-state index contributed by atoms with van der Waals surface area (Å²) in [5, 5.41) is 11.1. The van der Waals surface area contributed by atoms with E-state index in [1.807, 2.05) is 0 Å². The van der Waals surface area contributed by atoms with Crippen molar-refractivity contribution in [2.45, 2.75) is 24.3 Å². The molecule has 2 aromatic carbocycles. The molecule has 12 heteroatoms. The van der Waals surface area contributed by atoms with Gasteiger partial charge in [-0.05, 0) is 42.0 Å². The Balaban J connectivity index is 1.42. The topological polar surface area (TPSA) is 127 Å². The van der Waals surface area contributed by atoms with E-state index in [-0.39, 0.29) is 62.1 Å². The molecule has 0 aromatic heterocycles. The predicted octanol–water partition coefficient (Wildman–Crippen LogP) is 2.60. The van der Waals surface area contributed by atoms with Crippen LogP contribution in [0, 0.1) is 10.1 Å². The highest BCUT2D eigenvalue weighted by atomic mass is 35.5. The first-order valence-electron chi connectivity index (χ1n) is 10.1. The van der Waals surface area contributed by atoms with Gasteiger partial charge in [-0.2, -0.15) is 4.31 Å². The molecule has 0 aliphatic carbocycles. The molecule has 0 spiro atoms. The number of nitrogens with zero attached hydrogens (tertiary/aromatic N) is 3. The monoisotopic (exact) mass is 495 g/mol. The van der Waals surface area contributed by atoms with Gasteiger partial charge in [-0.15, -0.1) is 0 Å². The van der Waals surface area contributed by atoms with Crippen LogP contribution in [0.5, 0.6) is 0 Å². The first-order chi connectivity index (χ1) is 15.7. The Morgan fingerprint density at radius 2 is 1.58 bits per heavy atom. The minimum atomic E-state index is -3.67. The van der Waals surface area contributed by atoms with Crippen molar-refractivity contribution in [3.05, 3.63) is 69.2 Å². The van der Waals surface area contributed by atoms with Gasteiger partial charge in [0.15, 0.2) is 0 Å². The molecule has 33 heavy (non-hydrogen) atoms. The number of nitro benzene ring substituents is 1. The van der Waals surface area contributed by atoms with Gasteiger partial charge in [0.1, 0.15) is 6.61 Å². The molecular weight excluding hydrogens is 474 g/mol. The number of sulfonamides is 1. The van der Waals surface area contributed by atoms with Crippen molar-refractivity contribution < 1.29 is 27.7 Å². The number of benzene rings is 2. The molecule has 10 nitrogen and oxygen atoms in total. The second-order valence-electron chi connectivity index (χ2n) is 7.32. The van der Waals surface area contributed by atoms with Crippen LogP contribution in [0.2, 0.25) is 5.02 Å². The Hall–Kier alpha value is -3.02. The summed E-state index contributed by atoms with van der Waals surface area (Å²) in [7, 11) is -3.67. The summed E-state index contributed by atoms with van der Waals surface area (Å²) in [6.45, 7) is 0.710. The van der Waals surface area contributed by atoms with Crippen LogP contribution in [0.25, 0.3) is 0 Å². The molecule has 176 valence electrons.